The molecule has 33 heavy (non-hydrogen) atoms. The number of hydrogen-bond donors (Lipinski definition) is 2. The normalized spacial score (nSPS) is 14.3. The summed E-state index contributed by atoms with van der Waals surface area (Å²) in [6.07, 6.45) is 1.62. The Bertz CT molecular complexity index is 1040. The van der Waals surface area contributed by atoms with Crippen molar-refractivity contribution in [1.29, 1.82) is 0 Å². The molecule has 4 rings (SSSR count). The lowest BCUT2D eigenvalue weighted by atomic mass is 10.2. The summed E-state index contributed by atoms with van der Waals surface area (Å²) in [6.45, 7) is 6.34. The fourth-order valence-corrected chi connectivity index (χ4v) is 3.72. The summed E-state index contributed by atoms with van der Waals surface area (Å²) in [5.74, 6) is 1.22. The molecule has 1 aliphatic rings. The molecule has 2 aromatic carbocycles. The number of rotatable bonds is 7. The van der Waals surface area contributed by atoms with E-state index < -0.39 is 0 Å². The monoisotopic (exact) mass is 446 g/mol. The van der Waals surface area contributed by atoms with Gasteiger partial charge >= 0.3 is 0 Å². The van der Waals surface area contributed by atoms with Crippen molar-refractivity contribution in [2.45, 2.75) is 13.5 Å². The van der Waals surface area contributed by atoms with Gasteiger partial charge in [0, 0.05) is 44.0 Å². The molecule has 0 atom stereocenters. The highest BCUT2D eigenvalue weighted by Crippen LogP contribution is 2.18. The number of nitrogens with one attached hydrogen (secondary N) is 2. The minimum absolute atomic E-state index is 0.0705. The van der Waals surface area contributed by atoms with E-state index in [1.165, 1.54) is 5.69 Å². The highest BCUT2D eigenvalue weighted by molar-refractivity contribution is 5.86. The van der Waals surface area contributed by atoms with E-state index in [9.17, 15) is 4.79 Å². The highest BCUT2D eigenvalue weighted by Gasteiger charge is 2.21. The van der Waals surface area contributed by atoms with E-state index in [1.807, 2.05) is 60.4 Å². The zero-order valence-electron chi connectivity index (χ0n) is 18.9. The maximum absolute atomic E-state index is 12.7. The average molecular weight is 447 g/mol. The van der Waals surface area contributed by atoms with Crippen LogP contribution in [0.4, 0.5) is 5.69 Å². The van der Waals surface area contributed by atoms with Gasteiger partial charge in [-0.3, -0.25) is 4.79 Å². The molecule has 172 valence electrons. The molecule has 1 aromatic heterocycles. The van der Waals surface area contributed by atoms with Crippen molar-refractivity contribution in [3.63, 3.8) is 0 Å². The van der Waals surface area contributed by atoms with Crippen LogP contribution in [0.3, 0.4) is 0 Å². The average Bonchev–Trinajstić information content (AvgIpc) is 3.36. The number of carbonyl (C=O) groups is 1. The molecule has 0 unspecified atom stereocenters. The van der Waals surface area contributed by atoms with E-state index in [1.54, 1.807) is 6.26 Å². The molecule has 8 nitrogen and oxygen atoms in total. The van der Waals surface area contributed by atoms with Gasteiger partial charge in [-0.2, -0.15) is 0 Å². The Balaban J connectivity index is 1.27. The second-order valence-corrected chi connectivity index (χ2v) is 7.76. The zero-order chi connectivity index (χ0) is 22.9. The van der Waals surface area contributed by atoms with Crippen molar-refractivity contribution >= 4 is 17.6 Å². The Morgan fingerprint density at radius 3 is 2.39 bits per heavy atom. The lowest BCUT2D eigenvalue weighted by molar-refractivity contribution is -0.130. The number of para-hydroxylation sites is 1. The first-order valence-corrected chi connectivity index (χ1v) is 11.3. The first-order chi connectivity index (χ1) is 16.2. The van der Waals surface area contributed by atoms with E-state index >= 15 is 0 Å². The second-order valence-electron chi connectivity index (χ2n) is 7.76. The largest absolute Gasteiger partial charge is 0.444 e. The van der Waals surface area contributed by atoms with Gasteiger partial charge < -0.3 is 24.9 Å². The zero-order valence-corrected chi connectivity index (χ0v) is 18.9. The number of benzene rings is 2. The summed E-state index contributed by atoms with van der Waals surface area (Å²) < 4.78 is 5.58. The van der Waals surface area contributed by atoms with Crippen molar-refractivity contribution in [3.05, 3.63) is 72.6 Å². The van der Waals surface area contributed by atoms with Gasteiger partial charge in [0.05, 0.1) is 13.1 Å². The molecule has 1 fully saturated rings. The van der Waals surface area contributed by atoms with Crippen LogP contribution in [0.2, 0.25) is 0 Å². The number of carbonyl (C=O) groups excluding carboxylic acids is 1. The van der Waals surface area contributed by atoms with Crippen LogP contribution < -0.4 is 15.5 Å². The predicted octanol–water partition coefficient (Wildman–Crippen LogP) is 2.75. The number of piperazine rings is 1. The van der Waals surface area contributed by atoms with Gasteiger partial charge in [0.25, 0.3) is 0 Å². The van der Waals surface area contributed by atoms with Crippen molar-refractivity contribution in [2.24, 2.45) is 4.99 Å². The van der Waals surface area contributed by atoms with E-state index in [0.29, 0.717) is 38.0 Å². The first kappa shape index (κ1) is 22.4. The maximum atomic E-state index is 12.7. The summed E-state index contributed by atoms with van der Waals surface area (Å²) in [7, 11) is 0. The topological polar surface area (TPSA) is 86.0 Å². The summed E-state index contributed by atoms with van der Waals surface area (Å²) in [5.41, 5.74) is 2.86. The summed E-state index contributed by atoms with van der Waals surface area (Å²) in [5, 5.41) is 6.32. The van der Waals surface area contributed by atoms with Gasteiger partial charge in [-0.15, -0.1) is 0 Å². The highest BCUT2D eigenvalue weighted by atomic mass is 16.3. The fraction of sp³-hybridized carbons (Fsp3) is 0.320. The number of anilines is 1. The standard InChI is InChI=1S/C25H30N6O2/c1-2-26-25(27-17-21-19-33-24(29-21)20-9-5-3-6-10-20)28-18-23(32)31-15-13-30(14-16-31)22-11-7-4-8-12-22/h3-12,19H,2,13-18H2,1H3,(H2,26,27,28). The van der Waals surface area contributed by atoms with Crippen molar-refractivity contribution < 1.29 is 9.21 Å². The predicted molar refractivity (Wildman–Crippen MR) is 130 cm³/mol. The Hall–Kier alpha value is -3.81. The second kappa shape index (κ2) is 11.2. The van der Waals surface area contributed by atoms with Crippen LogP contribution >= 0.6 is 0 Å². The minimum atomic E-state index is 0.0705. The number of hydrogen-bond acceptors (Lipinski definition) is 5. The van der Waals surface area contributed by atoms with Crippen LogP contribution in [0.25, 0.3) is 11.5 Å². The third kappa shape index (κ3) is 6.12. The molecule has 8 heteroatoms. The van der Waals surface area contributed by atoms with E-state index in [-0.39, 0.29) is 12.5 Å². The SMILES string of the molecule is CCNC(=NCc1coc(-c2ccccc2)n1)NCC(=O)N1CCN(c2ccccc2)CC1. The fourth-order valence-electron chi connectivity index (χ4n) is 3.72. The van der Waals surface area contributed by atoms with Crippen LogP contribution in [0, 0.1) is 0 Å². The maximum Gasteiger partial charge on any atom is 0.242 e. The molecule has 2 N–H and O–H groups in total. The van der Waals surface area contributed by atoms with Gasteiger partial charge in [0.2, 0.25) is 11.8 Å². The Kier molecular flexibility index (Phi) is 7.58. The number of oxazole rings is 1. The lowest BCUT2D eigenvalue weighted by Crippen LogP contribution is -2.52. The van der Waals surface area contributed by atoms with Gasteiger partial charge in [0.15, 0.2) is 5.96 Å². The summed E-state index contributed by atoms with van der Waals surface area (Å²) in [4.78, 5) is 26.0. The van der Waals surface area contributed by atoms with Crippen LogP contribution in [0.5, 0.6) is 0 Å². The smallest absolute Gasteiger partial charge is 0.242 e. The molecular formula is C25H30N6O2. The van der Waals surface area contributed by atoms with Gasteiger partial charge in [-0.05, 0) is 31.2 Å². The molecule has 0 spiro atoms. The van der Waals surface area contributed by atoms with Crippen LogP contribution in [-0.2, 0) is 11.3 Å². The number of nitrogens with zero attached hydrogens (tertiary/aromatic N) is 4. The first-order valence-electron chi connectivity index (χ1n) is 11.3. The number of amides is 1. The molecule has 1 amide bonds. The van der Waals surface area contributed by atoms with Gasteiger partial charge in [-0.25, -0.2) is 9.98 Å². The number of aliphatic imine (C=N–C) groups is 1. The van der Waals surface area contributed by atoms with Crippen molar-refractivity contribution in [1.82, 2.24) is 20.5 Å². The Morgan fingerprint density at radius 2 is 1.70 bits per heavy atom. The minimum Gasteiger partial charge on any atom is -0.444 e. The van der Waals surface area contributed by atoms with E-state index in [2.05, 4.69) is 37.6 Å². The quantitative estimate of drug-likeness (QED) is 0.429. The van der Waals surface area contributed by atoms with E-state index in [0.717, 1.165) is 24.3 Å². The van der Waals surface area contributed by atoms with E-state index in [4.69, 9.17) is 4.42 Å². The molecule has 0 aliphatic carbocycles. The molecule has 1 aliphatic heterocycles. The summed E-state index contributed by atoms with van der Waals surface area (Å²) in [6, 6.07) is 20.1. The lowest BCUT2D eigenvalue weighted by Gasteiger charge is -2.36. The molecule has 2 heterocycles. The van der Waals surface area contributed by atoms with Crippen molar-refractivity contribution in [3.8, 4) is 11.5 Å². The molecule has 0 saturated carbocycles. The molecular weight excluding hydrogens is 416 g/mol. The number of aromatic nitrogens is 1. The third-order valence-corrected chi connectivity index (χ3v) is 5.48. The third-order valence-electron chi connectivity index (χ3n) is 5.48. The molecule has 0 radical (unpaired) electrons. The van der Waals surface area contributed by atoms with Gasteiger partial charge in [-0.1, -0.05) is 36.4 Å². The molecule has 0 bridgehead atoms. The summed E-state index contributed by atoms with van der Waals surface area (Å²) >= 11 is 0. The van der Waals surface area contributed by atoms with Crippen LogP contribution in [0.15, 0.2) is 76.3 Å². The van der Waals surface area contributed by atoms with Gasteiger partial charge in [0.1, 0.15) is 12.0 Å². The Morgan fingerprint density at radius 1 is 1.00 bits per heavy atom. The number of guanidine groups is 1. The molecule has 3 aromatic rings. The van der Waals surface area contributed by atoms with Crippen LogP contribution in [-0.4, -0.2) is 61.0 Å². The molecule has 1 saturated heterocycles. The van der Waals surface area contributed by atoms with Crippen LogP contribution in [0.1, 0.15) is 12.6 Å². The Labute approximate surface area is 194 Å². The van der Waals surface area contributed by atoms with Crippen molar-refractivity contribution in [2.75, 3.05) is 44.2 Å².